The zero-order chi connectivity index (χ0) is 15.5. The van der Waals surface area contributed by atoms with Gasteiger partial charge in [-0.3, -0.25) is 4.79 Å². The van der Waals surface area contributed by atoms with E-state index in [9.17, 15) is 4.79 Å². The third kappa shape index (κ3) is 4.47. The average molecular weight is 298 g/mol. The van der Waals surface area contributed by atoms with E-state index >= 15 is 0 Å². The van der Waals surface area contributed by atoms with Crippen molar-refractivity contribution in [3.05, 3.63) is 65.2 Å². The Labute approximate surface area is 131 Å². The van der Waals surface area contributed by atoms with Crippen molar-refractivity contribution in [3.8, 4) is 0 Å². The first-order chi connectivity index (χ1) is 9.86. The van der Waals surface area contributed by atoms with Crippen molar-refractivity contribution < 1.29 is 4.79 Å². The molecule has 1 nitrogen and oxygen atoms in total. The summed E-state index contributed by atoms with van der Waals surface area (Å²) in [6.45, 7) is 8.62. The number of aryl methyl sites for hydroxylation is 1. The third-order valence-corrected chi connectivity index (χ3v) is 4.44. The van der Waals surface area contributed by atoms with Crippen LogP contribution in [0.4, 0.5) is 0 Å². The van der Waals surface area contributed by atoms with Gasteiger partial charge < -0.3 is 0 Å². The van der Waals surface area contributed by atoms with Crippen LogP contribution >= 0.6 is 11.8 Å². The van der Waals surface area contributed by atoms with Crippen LogP contribution in [0, 0.1) is 6.92 Å². The number of thioether (sulfide) groups is 1. The van der Waals surface area contributed by atoms with Gasteiger partial charge in [0.1, 0.15) is 0 Å². The Hall–Kier alpha value is -1.54. The van der Waals surface area contributed by atoms with Crippen LogP contribution in [-0.2, 0) is 5.41 Å². The zero-order valence-corrected chi connectivity index (χ0v) is 14.0. The van der Waals surface area contributed by atoms with Crippen LogP contribution in [0.25, 0.3) is 0 Å². The molecule has 0 saturated heterocycles. The summed E-state index contributed by atoms with van der Waals surface area (Å²) in [4.78, 5) is 13.3. The topological polar surface area (TPSA) is 17.1 Å². The van der Waals surface area contributed by atoms with Crippen LogP contribution in [-0.4, -0.2) is 11.5 Å². The molecular formula is C19H22OS. The van der Waals surface area contributed by atoms with Crippen LogP contribution in [0.15, 0.2) is 53.4 Å². The molecule has 0 aliphatic rings. The van der Waals surface area contributed by atoms with Crippen molar-refractivity contribution in [1.29, 1.82) is 0 Å². The second-order valence-electron chi connectivity index (χ2n) is 6.36. The molecule has 0 aliphatic heterocycles. The second kappa shape index (κ2) is 6.48. The highest BCUT2D eigenvalue weighted by atomic mass is 32.2. The summed E-state index contributed by atoms with van der Waals surface area (Å²) in [5, 5.41) is 0. The van der Waals surface area contributed by atoms with E-state index in [1.165, 1.54) is 5.56 Å². The molecule has 0 aromatic heterocycles. The molecule has 110 valence electrons. The molecule has 0 bridgehead atoms. The fourth-order valence-corrected chi connectivity index (χ4v) is 2.89. The molecule has 0 fully saturated rings. The second-order valence-corrected chi connectivity index (χ2v) is 7.40. The molecule has 0 atom stereocenters. The van der Waals surface area contributed by atoms with E-state index in [1.807, 2.05) is 31.2 Å². The molecule has 2 heteroatoms. The summed E-state index contributed by atoms with van der Waals surface area (Å²) in [5.41, 5.74) is 3.41. The van der Waals surface area contributed by atoms with E-state index in [1.54, 1.807) is 11.8 Å². The van der Waals surface area contributed by atoms with Gasteiger partial charge in [-0.25, -0.2) is 0 Å². The fourth-order valence-electron chi connectivity index (χ4n) is 2.10. The number of hydrogen-bond donors (Lipinski definition) is 0. The predicted octanol–water partition coefficient (Wildman–Crippen LogP) is 5.27. The lowest BCUT2D eigenvalue weighted by Gasteiger charge is -2.19. The Morgan fingerprint density at radius 3 is 2.29 bits per heavy atom. The van der Waals surface area contributed by atoms with Crippen molar-refractivity contribution >= 4 is 17.5 Å². The Morgan fingerprint density at radius 2 is 1.71 bits per heavy atom. The van der Waals surface area contributed by atoms with Gasteiger partial charge in [0.15, 0.2) is 5.78 Å². The third-order valence-electron chi connectivity index (χ3n) is 3.43. The van der Waals surface area contributed by atoms with E-state index < -0.39 is 0 Å². The molecular weight excluding hydrogens is 276 g/mol. The van der Waals surface area contributed by atoms with E-state index in [0.29, 0.717) is 5.75 Å². The normalized spacial score (nSPS) is 11.4. The molecule has 0 amide bonds. The Morgan fingerprint density at radius 1 is 1.05 bits per heavy atom. The van der Waals surface area contributed by atoms with E-state index in [2.05, 4.69) is 45.0 Å². The van der Waals surface area contributed by atoms with Crippen LogP contribution < -0.4 is 0 Å². The van der Waals surface area contributed by atoms with E-state index in [4.69, 9.17) is 0 Å². The molecule has 21 heavy (non-hydrogen) atoms. The van der Waals surface area contributed by atoms with E-state index in [0.717, 1.165) is 16.0 Å². The lowest BCUT2D eigenvalue weighted by molar-refractivity contribution is 0.102. The number of Topliss-reactive ketones (excluding diaryl/α,β-unsaturated/α-hetero) is 1. The highest BCUT2D eigenvalue weighted by Gasteiger charge is 2.13. The van der Waals surface area contributed by atoms with Crippen LogP contribution in [0.5, 0.6) is 0 Å². The minimum absolute atomic E-state index is 0.167. The maximum absolute atomic E-state index is 12.2. The number of benzene rings is 2. The van der Waals surface area contributed by atoms with Crippen molar-refractivity contribution in [2.75, 3.05) is 5.75 Å². The highest BCUT2D eigenvalue weighted by Crippen LogP contribution is 2.26. The van der Waals surface area contributed by atoms with Crippen molar-refractivity contribution in [2.24, 2.45) is 0 Å². The molecule has 2 aromatic rings. The lowest BCUT2D eigenvalue weighted by atomic mass is 9.87. The van der Waals surface area contributed by atoms with Gasteiger partial charge in [-0.05, 0) is 36.1 Å². The summed E-state index contributed by atoms with van der Waals surface area (Å²) in [6, 6.07) is 16.3. The molecule has 0 aliphatic carbocycles. The molecule has 0 radical (unpaired) electrons. The minimum Gasteiger partial charge on any atom is -0.293 e. The summed E-state index contributed by atoms with van der Waals surface area (Å²) in [5.74, 6) is 0.668. The van der Waals surface area contributed by atoms with Crippen LogP contribution in [0.2, 0.25) is 0 Å². The summed E-state index contributed by atoms with van der Waals surface area (Å²) >= 11 is 1.60. The van der Waals surface area contributed by atoms with Gasteiger partial charge in [0.2, 0.25) is 0 Å². The minimum atomic E-state index is 0.167. The number of hydrogen-bond acceptors (Lipinski definition) is 2. The number of carbonyl (C=O) groups excluding carboxylic acids is 1. The molecule has 2 aromatic carbocycles. The first-order valence-corrected chi connectivity index (χ1v) is 8.18. The standard InChI is InChI=1S/C19H22OS/c1-14-6-5-7-15(12-14)18(20)13-21-17-10-8-16(9-11-17)19(2,3)4/h5-12H,13H2,1-4H3. The van der Waals surface area contributed by atoms with Crippen LogP contribution in [0.3, 0.4) is 0 Å². The molecule has 0 heterocycles. The predicted molar refractivity (Wildman–Crippen MR) is 91.4 cm³/mol. The van der Waals surface area contributed by atoms with Gasteiger partial charge in [-0.1, -0.05) is 56.7 Å². The molecule has 0 N–H and O–H groups in total. The van der Waals surface area contributed by atoms with Gasteiger partial charge in [-0.15, -0.1) is 11.8 Å². The Balaban J connectivity index is 1.98. The van der Waals surface area contributed by atoms with Gasteiger partial charge in [-0.2, -0.15) is 0 Å². The monoisotopic (exact) mass is 298 g/mol. The maximum Gasteiger partial charge on any atom is 0.173 e. The molecule has 0 saturated carbocycles. The Bertz CT molecular complexity index is 621. The quantitative estimate of drug-likeness (QED) is 0.565. The van der Waals surface area contributed by atoms with Crippen LogP contribution in [0.1, 0.15) is 42.3 Å². The van der Waals surface area contributed by atoms with Crippen molar-refractivity contribution in [1.82, 2.24) is 0 Å². The largest absolute Gasteiger partial charge is 0.293 e. The highest BCUT2D eigenvalue weighted by molar-refractivity contribution is 8.00. The SMILES string of the molecule is Cc1cccc(C(=O)CSc2ccc(C(C)(C)C)cc2)c1. The molecule has 0 spiro atoms. The van der Waals surface area contributed by atoms with Gasteiger partial charge in [0.05, 0.1) is 5.75 Å². The summed E-state index contributed by atoms with van der Waals surface area (Å²) in [6.07, 6.45) is 0. The van der Waals surface area contributed by atoms with E-state index in [-0.39, 0.29) is 11.2 Å². The molecule has 0 unspecified atom stereocenters. The summed E-state index contributed by atoms with van der Waals surface area (Å²) in [7, 11) is 0. The maximum atomic E-state index is 12.2. The smallest absolute Gasteiger partial charge is 0.173 e. The first kappa shape index (κ1) is 15.8. The number of carbonyl (C=O) groups is 1. The van der Waals surface area contributed by atoms with Crippen molar-refractivity contribution in [2.45, 2.75) is 38.0 Å². The average Bonchev–Trinajstić information content (AvgIpc) is 2.44. The molecule has 2 rings (SSSR count). The van der Waals surface area contributed by atoms with Crippen molar-refractivity contribution in [3.63, 3.8) is 0 Å². The first-order valence-electron chi connectivity index (χ1n) is 7.19. The zero-order valence-electron chi connectivity index (χ0n) is 13.1. The van der Waals surface area contributed by atoms with Gasteiger partial charge >= 0.3 is 0 Å². The van der Waals surface area contributed by atoms with Gasteiger partial charge in [0, 0.05) is 10.5 Å². The van der Waals surface area contributed by atoms with Gasteiger partial charge in [0.25, 0.3) is 0 Å². The summed E-state index contributed by atoms with van der Waals surface area (Å²) < 4.78 is 0. The number of rotatable bonds is 4. The number of ketones is 1. The fraction of sp³-hybridized carbons (Fsp3) is 0.316. The Kier molecular flexibility index (Phi) is 4.89. The lowest BCUT2D eigenvalue weighted by Crippen LogP contribution is -2.10.